The number of ketones is 1. The van der Waals surface area contributed by atoms with E-state index in [9.17, 15) is 9.18 Å². The van der Waals surface area contributed by atoms with Crippen molar-refractivity contribution in [3.8, 4) is 11.5 Å². The van der Waals surface area contributed by atoms with Crippen LogP contribution in [0.1, 0.15) is 27.9 Å². The van der Waals surface area contributed by atoms with Crippen LogP contribution in [0.5, 0.6) is 11.5 Å². The molecule has 0 spiro atoms. The van der Waals surface area contributed by atoms with Crippen LogP contribution >= 0.6 is 0 Å². The fraction of sp³-hybridized carbons (Fsp3) is 0.143. The van der Waals surface area contributed by atoms with Gasteiger partial charge in [0, 0.05) is 28.9 Å². The average molecular weight is 263 g/mol. The van der Waals surface area contributed by atoms with Crippen LogP contribution in [0.4, 0.5) is 10.1 Å². The SMILES string of the molecule is [2H]C([2H])([2H])CC(=O)c1cc(Oc2ccc(N)c(F)c2)ccn1. The number of nitrogen functional groups attached to an aromatic ring is 1. The lowest BCUT2D eigenvalue weighted by Gasteiger charge is -2.07. The molecule has 2 N–H and O–H groups in total. The summed E-state index contributed by atoms with van der Waals surface area (Å²) in [5.74, 6) is -0.792. The standard InChI is InChI=1S/C14H13FN2O2/c1-2-14(18)13-8-10(5-6-17-13)19-9-3-4-12(16)11(15)7-9/h3-8H,2,16H2,1H3/i1D3. The van der Waals surface area contributed by atoms with E-state index in [-0.39, 0.29) is 22.9 Å². The topological polar surface area (TPSA) is 65.2 Å². The van der Waals surface area contributed by atoms with Crippen molar-refractivity contribution in [3.63, 3.8) is 0 Å². The Hall–Kier alpha value is -2.43. The van der Waals surface area contributed by atoms with Gasteiger partial charge in [-0.1, -0.05) is 6.85 Å². The molecule has 98 valence electrons. The number of hydrogen-bond acceptors (Lipinski definition) is 4. The lowest BCUT2D eigenvalue weighted by atomic mass is 10.2. The van der Waals surface area contributed by atoms with Crippen LogP contribution in [-0.4, -0.2) is 10.8 Å². The van der Waals surface area contributed by atoms with Crippen LogP contribution in [-0.2, 0) is 0 Å². The van der Waals surface area contributed by atoms with Gasteiger partial charge in [-0.2, -0.15) is 0 Å². The van der Waals surface area contributed by atoms with Crippen LogP contribution in [0.2, 0.25) is 0 Å². The van der Waals surface area contributed by atoms with Crippen molar-refractivity contribution >= 4 is 11.5 Å². The molecule has 1 aromatic carbocycles. The summed E-state index contributed by atoms with van der Waals surface area (Å²) in [4.78, 5) is 15.6. The van der Waals surface area contributed by atoms with Crippen molar-refractivity contribution in [3.05, 3.63) is 48.0 Å². The van der Waals surface area contributed by atoms with Crippen LogP contribution in [0.25, 0.3) is 0 Å². The summed E-state index contributed by atoms with van der Waals surface area (Å²) in [6.45, 7) is -2.37. The van der Waals surface area contributed by atoms with Crippen LogP contribution in [0.3, 0.4) is 0 Å². The van der Waals surface area contributed by atoms with Crippen molar-refractivity contribution in [2.45, 2.75) is 13.3 Å². The van der Waals surface area contributed by atoms with Crippen molar-refractivity contribution < 1.29 is 18.0 Å². The highest BCUT2D eigenvalue weighted by Crippen LogP contribution is 2.24. The minimum absolute atomic E-state index is 0.00405. The number of Topliss-reactive ketones (excluding diaryl/α,β-unsaturated/α-hetero) is 1. The van der Waals surface area contributed by atoms with E-state index < -0.39 is 24.9 Å². The van der Waals surface area contributed by atoms with E-state index >= 15 is 0 Å². The molecular weight excluding hydrogens is 247 g/mol. The number of carbonyl (C=O) groups is 1. The van der Waals surface area contributed by atoms with Gasteiger partial charge in [0.05, 0.1) is 5.69 Å². The predicted octanol–water partition coefficient (Wildman–Crippen LogP) is 3.19. The molecule has 0 atom stereocenters. The van der Waals surface area contributed by atoms with Crippen LogP contribution in [0, 0.1) is 5.82 Å². The molecule has 0 aliphatic heterocycles. The summed E-state index contributed by atoms with van der Waals surface area (Å²) >= 11 is 0. The van der Waals surface area contributed by atoms with E-state index in [0.717, 1.165) is 6.07 Å². The molecule has 0 fully saturated rings. The third-order valence-corrected chi connectivity index (χ3v) is 2.39. The Bertz CT molecular complexity index is 705. The zero-order chi connectivity index (χ0) is 16.3. The van der Waals surface area contributed by atoms with Gasteiger partial charge in [-0.05, 0) is 18.2 Å². The number of pyridine rings is 1. The summed E-state index contributed by atoms with van der Waals surface area (Å²) in [5.41, 5.74) is 5.34. The van der Waals surface area contributed by atoms with E-state index in [1.807, 2.05) is 0 Å². The number of nitrogens with zero attached hydrogens (tertiary/aromatic N) is 1. The van der Waals surface area contributed by atoms with Gasteiger partial charge < -0.3 is 10.5 Å². The second kappa shape index (κ2) is 5.48. The number of anilines is 1. The first kappa shape index (κ1) is 9.49. The van der Waals surface area contributed by atoms with Gasteiger partial charge in [0.2, 0.25) is 0 Å². The van der Waals surface area contributed by atoms with Gasteiger partial charge >= 0.3 is 0 Å². The normalized spacial score (nSPS) is 13.2. The Morgan fingerprint density at radius 2 is 2.21 bits per heavy atom. The molecule has 5 heteroatoms. The first-order chi connectivity index (χ1) is 10.2. The highest BCUT2D eigenvalue weighted by molar-refractivity contribution is 5.94. The molecule has 0 saturated heterocycles. The quantitative estimate of drug-likeness (QED) is 0.679. The molecule has 0 aliphatic carbocycles. The maximum absolute atomic E-state index is 13.3. The number of ether oxygens (including phenoxy) is 1. The number of nitrogens with two attached hydrogens (primary N) is 1. The van der Waals surface area contributed by atoms with Crippen LogP contribution in [0.15, 0.2) is 36.5 Å². The van der Waals surface area contributed by atoms with Gasteiger partial charge in [0.1, 0.15) is 23.0 Å². The second-order valence-electron chi connectivity index (χ2n) is 3.76. The third-order valence-electron chi connectivity index (χ3n) is 2.39. The number of aromatic nitrogens is 1. The Morgan fingerprint density at radius 1 is 1.42 bits per heavy atom. The van der Waals surface area contributed by atoms with Crippen molar-refractivity contribution in [1.29, 1.82) is 0 Å². The molecule has 2 aromatic rings. The molecule has 1 aromatic heterocycles. The van der Waals surface area contributed by atoms with Gasteiger partial charge in [-0.25, -0.2) is 4.39 Å². The lowest BCUT2D eigenvalue weighted by Crippen LogP contribution is -2.00. The summed E-state index contributed by atoms with van der Waals surface area (Å²) in [6, 6.07) is 6.72. The molecule has 0 radical (unpaired) electrons. The first-order valence-corrected chi connectivity index (χ1v) is 5.47. The van der Waals surface area contributed by atoms with E-state index in [2.05, 4.69) is 4.98 Å². The molecule has 0 aliphatic rings. The second-order valence-corrected chi connectivity index (χ2v) is 3.76. The van der Waals surface area contributed by atoms with Crippen molar-refractivity contribution in [2.24, 2.45) is 0 Å². The lowest BCUT2D eigenvalue weighted by molar-refractivity contribution is 0.0983. The van der Waals surface area contributed by atoms with E-state index in [0.29, 0.717) is 0 Å². The number of carbonyl (C=O) groups excluding carboxylic acids is 1. The van der Waals surface area contributed by atoms with Crippen LogP contribution < -0.4 is 10.5 Å². The third kappa shape index (κ3) is 3.07. The summed E-state index contributed by atoms with van der Waals surface area (Å²) in [6.07, 6.45) is 0.704. The van der Waals surface area contributed by atoms with Crippen molar-refractivity contribution in [1.82, 2.24) is 4.98 Å². The fourth-order valence-electron chi connectivity index (χ4n) is 1.43. The molecule has 19 heavy (non-hydrogen) atoms. The average Bonchev–Trinajstić information content (AvgIpc) is 2.41. The van der Waals surface area contributed by atoms with Gasteiger partial charge in [-0.3, -0.25) is 9.78 Å². The maximum Gasteiger partial charge on any atom is 0.181 e. The smallest absolute Gasteiger partial charge is 0.181 e. The molecule has 0 saturated carbocycles. The molecule has 0 unspecified atom stereocenters. The Kier molecular flexibility index (Phi) is 2.74. The Balaban J connectivity index is 2.17. The zero-order valence-corrected chi connectivity index (χ0v) is 9.89. The summed E-state index contributed by atoms with van der Waals surface area (Å²) < 4.78 is 40.0. The van der Waals surface area contributed by atoms with Crippen molar-refractivity contribution in [2.75, 3.05) is 5.73 Å². The minimum Gasteiger partial charge on any atom is -0.457 e. The van der Waals surface area contributed by atoms with Gasteiger partial charge in [0.25, 0.3) is 0 Å². The molecule has 2 rings (SSSR count). The number of rotatable bonds is 4. The summed E-state index contributed by atoms with van der Waals surface area (Å²) in [7, 11) is 0. The number of hydrogen-bond donors (Lipinski definition) is 1. The zero-order valence-electron chi connectivity index (χ0n) is 12.9. The summed E-state index contributed by atoms with van der Waals surface area (Å²) in [5, 5.41) is 0. The number of benzene rings is 1. The highest BCUT2D eigenvalue weighted by atomic mass is 19.1. The molecule has 1 heterocycles. The first-order valence-electron chi connectivity index (χ1n) is 6.97. The monoisotopic (exact) mass is 263 g/mol. The highest BCUT2D eigenvalue weighted by Gasteiger charge is 2.07. The molecule has 4 nitrogen and oxygen atoms in total. The molecule has 0 amide bonds. The fourth-order valence-corrected chi connectivity index (χ4v) is 1.43. The molecule has 0 bridgehead atoms. The largest absolute Gasteiger partial charge is 0.457 e. The Labute approximate surface area is 114 Å². The molecular formula is C14H13FN2O2. The van der Waals surface area contributed by atoms with E-state index in [1.165, 1.54) is 30.5 Å². The minimum atomic E-state index is -2.37. The van der Waals surface area contributed by atoms with Gasteiger partial charge in [-0.15, -0.1) is 0 Å². The van der Waals surface area contributed by atoms with E-state index in [1.54, 1.807) is 0 Å². The van der Waals surface area contributed by atoms with E-state index in [4.69, 9.17) is 14.6 Å². The maximum atomic E-state index is 13.3. The van der Waals surface area contributed by atoms with Gasteiger partial charge in [0.15, 0.2) is 5.78 Å². The number of halogens is 1. The predicted molar refractivity (Wildman–Crippen MR) is 69.7 cm³/mol. The Morgan fingerprint density at radius 3 is 2.95 bits per heavy atom.